The molecule has 0 aliphatic carbocycles. The van der Waals surface area contributed by atoms with Crippen LogP contribution in [0, 0.1) is 0 Å². The average molecular weight is 311 g/mol. The van der Waals surface area contributed by atoms with Gasteiger partial charge in [0, 0.05) is 24.2 Å². The van der Waals surface area contributed by atoms with E-state index in [0.29, 0.717) is 11.5 Å². The van der Waals surface area contributed by atoms with Crippen LogP contribution in [-0.2, 0) is 12.8 Å². The van der Waals surface area contributed by atoms with Crippen molar-refractivity contribution in [3.8, 4) is 17.2 Å². The number of phenolic OH excluding ortho intramolecular Hbond substituents is 2. The maximum absolute atomic E-state index is 10.2. The quantitative estimate of drug-likeness (QED) is 0.848. The van der Waals surface area contributed by atoms with Gasteiger partial charge in [-0.05, 0) is 54.7 Å². The van der Waals surface area contributed by atoms with E-state index < -0.39 is 0 Å². The zero-order chi connectivity index (χ0) is 16.1. The number of aromatic hydroxyl groups is 2. The lowest BCUT2D eigenvalue weighted by atomic mass is 9.81. The molecule has 0 spiro atoms. The summed E-state index contributed by atoms with van der Waals surface area (Å²) in [6.07, 6.45) is 1.78. The molecule has 0 radical (unpaired) electrons. The van der Waals surface area contributed by atoms with Gasteiger partial charge in [0.2, 0.25) is 0 Å². The number of ether oxygens (including phenoxy) is 1. The van der Waals surface area contributed by atoms with Crippen molar-refractivity contribution in [3.05, 3.63) is 52.6 Å². The summed E-state index contributed by atoms with van der Waals surface area (Å²) in [4.78, 5) is 2.43. The molecule has 4 heteroatoms. The van der Waals surface area contributed by atoms with Gasteiger partial charge in [0.1, 0.15) is 5.75 Å². The largest absolute Gasteiger partial charge is 0.508 e. The summed E-state index contributed by atoms with van der Waals surface area (Å²) in [6, 6.07) is 9.99. The van der Waals surface area contributed by atoms with Crippen LogP contribution in [0.1, 0.15) is 41.3 Å². The number of hydrogen-bond donors (Lipinski definition) is 2. The molecule has 0 saturated heterocycles. The van der Waals surface area contributed by atoms with Crippen molar-refractivity contribution < 1.29 is 14.9 Å². The summed E-state index contributed by atoms with van der Waals surface area (Å²) in [7, 11) is 1.58. The fraction of sp³-hybridized carbons (Fsp3) is 0.368. The highest BCUT2D eigenvalue weighted by Gasteiger charge is 2.37. The highest BCUT2D eigenvalue weighted by Crippen LogP contribution is 2.47. The van der Waals surface area contributed by atoms with Crippen LogP contribution in [0.15, 0.2) is 30.3 Å². The van der Waals surface area contributed by atoms with Crippen molar-refractivity contribution in [2.75, 3.05) is 13.7 Å². The first-order valence-electron chi connectivity index (χ1n) is 8.06. The highest BCUT2D eigenvalue weighted by molar-refractivity contribution is 5.51. The fourth-order valence-corrected chi connectivity index (χ4v) is 4.23. The predicted molar refractivity (Wildman–Crippen MR) is 88.0 cm³/mol. The van der Waals surface area contributed by atoms with Crippen molar-refractivity contribution in [1.82, 2.24) is 4.90 Å². The van der Waals surface area contributed by atoms with Gasteiger partial charge in [0.05, 0.1) is 7.11 Å². The lowest BCUT2D eigenvalue weighted by Gasteiger charge is -2.45. The zero-order valence-electron chi connectivity index (χ0n) is 13.4. The third-order valence-electron chi connectivity index (χ3n) is 5.34. The maximum Gasteiger partial charge on any atom is 0.160 e. The number of methoxy groups -OCH3 is 1. The van der Waals surface area contributed by atoms with Crippen LogP contribution in [0.2, 0.25) is 0 Å². The Morgan fingerprint density at radius 1 is 1.13 bits per heavy atom. The van der Waals surface area contributed by atoms with Gasteiger partial charge in [0.15, 0.2) is 11.5 Å². The van der Waals surface area contributed by atoms with E-state index in [-0.39, 0.29) is 17.8 Å². The zero-order valence-corrected chi connectivity index (χ0v) is 13.4. The van der Waals surface area contributed by atoms with Crippen LogP contribution >= 0.6 is 0 Å². The van der Waals surface area contributed by atoms with Gasteiger partial charge >= 0.3 is 0 Å². The van der Waals surface area contributed by atoms with Gasteiger partial charge in [-0.1, -0.05) is 12.1 Å². The van der Waals surface area contributed by atoms with Crippen LogP contribution in [0.4, 0.5) is 0 Å². The van der Waals surface area contributed by atoms with E-state index in [1.165, 1.54) is 16.7 Å². The minimum Gasteiger partial charge on any atom is -0.508 e. The van der Waals surface area contributed by atoms with Crippen molar-refractivity contribution in [3.63, 3.8) is 0 Å². The Balaban J connectivity index is 1.82. The molecule has 0 saturated carbocycles. The number of fused-ring (bicyclic) bond motifs is 4. The molecule has 0 aromatic heterocycles. The lowest BCUT2D eigenvalue weighted by Crippen LogP contribution is -2.41. The van der Waals surface area contributed by atoms with Crippen molar-refractivity contribution in [1.29, 1.82) is 0 Å². The monoisotopic (exact) mass is 311 g/mol. The molecule has 2 aliphatic rings. The molecule has 2 atom stereocenters. The van der Waals surface area contributed by atoms with Gasteiger partial charge in [-0.2, -0.15) is 0 Å². The normalized spacial score (nSPS) is 22.9. The summed E-state index contributed by atoms with van der Waals surface area (Å²) < 4.78 is 5.24. The Kier molecular flexibility index (Phi) is 3.23. The molecule has 2 aliphatic heterocycles. The molecular weight excluding hydrogens is 290 g/mol. The molecule has 2 aromatic rings. The molecule has 2 aromatic carbocycles. The van der Waals surface area contributed by atoms with Crippen molar-refractivity contribution in [2.45, 2.75) is 31.8 Å². The second-order valence-corrected chi connectivity index (χ2v) is 6.46. The molecule has 2 N–H and O–H groups in total. The number of rotatable bonds is 1. The summed E-state index contributed by atoms with van der Waals surface area (Å²) in [5.74, 6) is 1.12. The maximum atomic E-state index is 10.2. The van der Waals surface area contributed by atoms with Crippen LogP contribution in [-0.4, -0.2) is 28.8 Å². The molecule has 2 heterocycles. The van der Waals surface area contributed by atoms with E-state index in [1.807, 2.05) is 18.2 Å². The van der Waals surface area contributed by atoms with Gasteiger partial charge in [0.25, 0.3) is 0 Å². The predicted octanol–water partition coefficient (Wildman–Crippen LogP) is 3.32. The summed E-state index contributed by atoms with van der Waals surface area (Å²) in [5.41, 5.74) is 4.67. The Morgan fingerprint density at radius 2 is 1.96 bits per heavy atom. The Labute approximate surface area is 135 Å². The van der Waals surface area contributed by atoms with E-state index in [1.54, 1.807) is 13.2 Å². The van der Waals surface area contributed by atoms with E-state index in [0.717, 1.165) is 24.9 Å². The SMILES string of the molecule is COc1cc2c(cc1O)C1Cc3cccc(O)c3C(C)N1CC2. The third-order valence-corrected chi connectivity index (χ3v) is 5.34. The van der Waals surface area contributed by atoms with Crippen LogP contribution in [0.25, 0.3) is 0 Å². The van der Waals surface area contributed by atoms with Gasteiger partial charge in [-0.25, -0.2) is 0 Å². The molecule has 23 heavy (non-hydrogen) atoms. The minimum atomic E-state index is 0.169. The summed E-state index contributed by atoms with van der Waals surface area (Å²) >= 11 is 0. The Bertz CT molecular complexity index is 771. The molecule has 120 valence electrons. The molecule has 0 amide bonds. The number of benzene rings is 2. The Hall–Kier alpha value is -2.20. The van der Waals surface area contributed by atoms with E-state index in [9.17, 15) is 10.2 Å². The smallest absolute Gasteiger partial charge is 0.160 e. The van der Waals surface area contributed by atoms with Gasteiger partial charge < -0.3 is 14.9 Å². The number of nitrogens with zero attached hydrogens (tertiary/aromatic N) is 1. The highest BCUT2D eigenvalue weighted by atomic mass is 16.5. The van der Waals surface area contributed by atoms with Crippen LogP contribution in [0.5, 0.6) is 17.2 Å². The number of phenols is 2. The second-order valence-electron chi connectivity index (χ2n) is 6.46. The average Bonchev–Trinajstić information content (AvgIpc) is 2.54. The minimum absolute atomic E-state index is 0.169. The topological polar surface area (TPSA) is 52.9 Å². The molecule has 4 nitrogen and oxygen atoms in total. The molecule has 2 unspecified atom stereocenters. The Morgan fingerprint density at radius 3 is 2.74 bits per heavy atom. The molecular formula is C19H21NO3. The van der Waals surface area contributed by atoms with Crippen molar-refractivity contribution >= 4 is 0 Å². The first kappa shape index (κ1) is 14.4. The van der Waals surface area contributed by atoms with E-state index >= 15 is 0 Å². The van der Waals surface area contributed by atoms with Gasteiger partial charge in [-0.15, -0.1) is 0 Å². The standard InChI is InChI=1S/C19H21NO3/c1-11-19-13(4-3-5-16(19)21)8-15-14-10-17(22)18(23-2)9-12(14)6-7-20(11)15/h3-5,9-11,15,21-22H,6-8H2,1-2H3. The summed E-state index contributed by atoms with van der Waals surface area (Å²) in [5, 5.41) is 20.4. The molecule has 0 bridgehead atoms. The third kappa shape index (κ3) is 2.09. The molecule has 4 rings (SSSR count). The first-order valence-corrected chi connectivity index (χ1v) is 8.06. The van der Waals surface area contributed by atoms with Crippen LogP contribution in [0.3, 0.4) is 0 Å². The second kappa shape index (κ2) is 5.17. The van der Waals surface area contributed by atoms with E-state index in [2.05, 4.69) is 17.9 Å². The summed E-state index contributed by atoms with van der Waals surface area (Å²) in [6.45, 7) is 3.10. The molecule has 0 fully saturated rings. The van der Waals surface area contributed by atoms with Crippen LogP contribution < -0.4 is 4.74 Å². The van der Waals surface area contributed by atoms with Crippen molar-refractivity contribution in [2.24, 2.45) is 0 Å². The van der Waals surface area contributed by atoms with Gasteiger partial charge in [-0.3, -0.25) is 4.90 Å². The number of hydrogen-bond acceptors (Lipinski definition) is 4. The fourth-order valence-electron chi connectivity index (χ4n) is 4.23. The first-order chi connectivity index (χ1) is 11.1. The van der Waals surface area contributed by atoms with E-state index in [4.69, 9.17) is 4.74 Å². The lowest BCUT2D eigenvalue weighted by molar-refractivity contribution is 0.115.